The van der Waals surface area contributed by atoms with Crippen LogP contribution >= 0.6 is 0 Å². The molecule has 0 bridgehead atoms. The van der Waals surface area contributed by atoms with E-state index >= 15 is 0 Å². The molecule has 1 aliphatic rings. The molecule has 0 saturated carbocycles. The van der Waals surface area contributed by atoms with E-state index < -0.39 is 5.91 Å². The fourth-order valence-corrected chi connectivity index (χ4v) is 1.90. The van der Waals surface area contributed by atoms with Crippen LogP contribution < -0.4 is 11.1 Å². The number of nitriles is 1. The Kier molecular flexibility index (Phi) is 4.58. The van der Waals surface area contributed by atoms with E-state index in [1.807, 2.05) is 12.1 Å². The number of nitrogens with one attached hydrogen (secondary N) is 1. The molecule has 2 rings (SSSR count). The molecule has 20 heavy (non-hydrogen) atoms. The van der Waals surface area contributed by atoms with Crippen LogP contribution in [0.2, 0.25) is 0 Å². The van der Waals surface area contributed by atoms with Crippen molar-refractivity contribution in [3.63, 3.8) is 0 Å². The lowest BCUT2D eigenvalue weighted by molar-refractivity contribution is -0.112. The summed E-state index contributed by atoms with van der Waals surface area (Å²) in [4.78, 5) is 13.9. The maximum absolute atomic E-state index is 12.1. The van der Waals surface area contributed by atoms with Crippen LogP contribution in [0.1, 0.15) is 0 Å². The number of hydrogen-bond acceptors (Lipinski definition) is 5. The number of nitrogens with two attached hydrogens (primary N) is 1. The van der Waals surface area contributed by atoms with E-state index in [9.17, 15) is 4.79 Å². The number of rotatable bonds is 3. The van der Waals surface area contributed by atoms with Gasteiger partial charge in [0.05, 0.1) is 13.2 Å². The molecule has 0 unspecified atom stereocenters. The number of amides is 1. The Morgan fingerprint density at radius 3 is 2.55 bits per heavy atom. The molecule has 6 heteroatoms. The number of para-hydroxylation sites is 1. The van der Waals surface area contributed by atoms with Crippen molar-refractivity contribution in [1.82, 2.24) is 4.90 Å². The molecule has 1 saturated heterocycles. The van der Waals surface area contributed by atoms with Gasteiger partial charge >= 0.3 is 0 Å². The molecular weight excluding hydrogens is 256 g/mol. The predicted molar refractivity (Wildman–Crippen MR) is 74.3 cm³/mol. The van der Waals surface area contributed by atoms with Gasteiger partial charge in [-0.15, -0.1) is 0 Å². The van der Waals surface area contributed by atoms with Crippen molar-refractivity contribution in [2.75, 3.05) is 31.6 Å². The molecule has 1 aliphatic heterocycles. The highest BCUT2D eigenvalue weighted by Crippen LogP contribution is 2.11. The molecule has 104 valence electrons. The summed E-state index contributed by atoms with van der Waals surface area (Å²) in [5, 5.41) is 11.8. The summed E-state index contributed by atoms with van der Waals surface area (Å²) in [5.74, 6) is -0.299. The second-order valence-electron chi connectivity index (χ2n) is 4.29. The zero-order chi connectivity index (χ0) is 14.4. The second kappa shape index (κ2) is 6.59. The average Bonchev–Trinajstić information content (AvgIpc) is 2.49. The Balaban J connectivity index is 2.14. The summed E-state index contributed by atoms with van der Waals surface area (Å²) in [6, 6.07) is 10.8. The number of anilines is 1. The Bertz CT molecular complexity index is 542. The Morgan fingerprint density at radius 2 is 1.95 bits per heavy atom. The van der Waals surface area contributed by atoms with Crippen molar-refractivity contribution in [2.24, 2.45) is 5.73 Å². The maximum atomic E-state index is 12.1. The molecule has 1 heterocycles. The normalized spacial score (nSPS) is 16.1. The van der Waals surface area contributed by atoms with E-state index in [-0.39, 0.29) is 11.4 Å². The number of benzene rings is 1. The fraction of sp³-hybridized carbons (Fsp3) is 0.286. The van der Waals surface area contributed by atoms with Crippen LogP contribution in [-0.4, -0.2) is 37.1 Å². The van der Waals surface area contributed by atoms with Gasteiger partial charge in [0.1, 0.15) is 11.9 Å². The lowest BCUT2D eigenvalue weighted by Gasteiger charge is -2.29. The van der Waals surface area contributed by atoms with Crippen LogP contribution in [0.25, 0.3) is 0 Å². The summed E-state index contributed by atoms with van der Waals surface area (Å²) >= 11 is 0. The highest BCUT2D eigenvalue weighted by molar-refractivity contribution is 6.06. The third kappa shape index (κ3) is 3.28. The Morgan fingerprint density at radius 1 is 1.30 bits per heavy atom. The van der Waals surface area contributed by atoms with Crippen LogP contribution in [0, 0.1) is 11.3 Å². The molecule has 0 radical (unpaired) electrons. The minimum Gasteiger partial charge on any atom is -0.384 e. The van der Waals surface area contributed by atoms with Gasteiger partial charge in [-0.25, -0.2) is 0 Å². The Labute approximate surface area is 117 Å². The first kappa shape index (κ1) is 13.9. The number of nitrogens with zero attached hydrogens (tertiary/aromatic N) is 2. The van der Waals surface area contributed by atoms with Gasteiger partial charge in [0.25, 0.3) is 5.91 Å². The maximum Gasteiger partial charge on any atom is 0.270 e. The van der Waals surface area contributed by atoms with Crippen LogP contribution in [0.15, 0.2) is 41.7 Å². The third-order valence-corrected chi connectivity index (χ3v) is 2.98. The van der Waals surface area contributed by atoms with Crippen molar-refractivity contribution < 1.29 is 9.53 Å². The van der Waals surface area contributed by atoms with Crippen molar-refractivity contribution in [3.05, 3.63) is 41.7 Å². The van der Waals surface area contributed by atoms with Gasteiger partial charge in [-0.1, -0.05) is 18.2 Å². The average molecular weight is 272 g/mol. The molecule has 1 aromatic carbocycles. The molecule has 0 spiro atoms. The first-order valence-corrected chi connectivity index (χ1v) is 6.31. The second-order valence-corrected chi connectivity index (χ2v) is 4.29. The number of morpholine rings is 1. The number of carbonyl (C=O) groups excluding carboxylic acids is 1. The first-order chi connectivity index (χ1) is 9.72. The monoisotopic (exact) mass is 272 g/mol. The van der Waals surface area contributed by atoms with E-state index in [4.69, 9.17) is 15.7 Å². The largest absolute Gasteiger partial charge is 0.384 e. The summed E-state index contributed by atoms with van der Waals surface area (Å²) in [7, 11) is 0. The van der Waals surface area contributed by atoms with E-state index in [0.717, 1.165) is 0 Å². The molecule has 1 fully saturated rings. The standard InChI is InChI=1S/C14H16N4O2/c15-10-12(13(16)18-6-8-20-9-7-18)14(19)17-11-4-2-1-3-5-11/h1-5H,6-9,16H2,(H,17,19)/b13-12-. The van der Waals surface area contributed by atoms with Crippen LogP contribution in [0.5, 0.6) is 0 Å². The van der Waals surface area contributed by atoms with Gasteiger partial charge in [0.15, 0.2) is 5.57 Å². The van der Waals surface area contributed by atoms with Crippen LogP contribution in [-0.2, 0) is 9.53 Å². The lowest BCUT2D eigenvalue weighted by atomic mass is 10.2. The first-order valence-electron chi connectivity index (χ1n) is 6.31. The van der Waals surface area contributed by atoms with Crippen molar-refractivity contribution >= 4 is 11.6 Å². The molecular formula is C14H16N4O2. The van der Waals surface area contributed by atoms with E-state index in [1.54, 1.807) is 29.2 Å². The number of hydrogen-bond donors (Lipinski definition) is 2. The lowest BCUT2D eigenvalue weighted by Crippen LogP contribution is -2.40. The molecule has 1 amide bonds. The topological polar surface area (TPSA) is 91.4 Å². The van der Waals surface area contributed by atoms with E-state index in [0.29, 0.717) is 32.0 Å². The number of ether oxygens (including phenoxy) is 1. The minimum absolute atomic E-state index is 0.0734. The Hall–Kier alpha value is -2.52. The number of carbonyl (C=O) groups is 1. The van der Waals surface area contributed by atoms with Crippen molar-refractivity contribution in [2.45, 2.75) is 0 Å². The zero-order valence-corrected chi connectivity index (χ0v) is 11.0. The van der Waals surface area contributed by atoms with Gasteiger partial charge in [-0.3, -0.25) is 4.79 Å². The summed E-state index contributed by atoms with van der Waals surface area (Å²) in [5.41, 5.74) is 6.48. The minimum atomic E-state index is -0.498. The van der Waals surface area contributed by atoms with Gasteiger partial charge in [-0.05, 0) is 12.1 Å². The SMILES string of the molecule is N#C/C(C(=O)Nc1ccccc1)=C(\N)N1CCOCC1. The molecule has 0 aliphatic carbocycles. The van der Waals surface area contributed by atoms with E-state index in [2.05, 4.69) is 5.32 Å². The van der Waals surface area contributed by atoms with Gasteiger partial charge < -0.3 is 20.7 Å². The smallest absolute Gasteiger partial charge is 0.270 e. The highest BCUT2D eigenvalue weighted by Gasteiger charge is 2.20. The molecule has 0 aromatic heterocycles. The third-order valence-electron chi connectivity index (χ3n) is 2.98. The van der Waals surface area contributed by atoms with Gasteiger partial charge in [0.2, 0.25) is 0 Å². The van der Waals surface area contributed by atoms with Gasteiger partial charge in [0, 0.05) is 18.8 Å². The highest BCUT2D eigenvalue weighted by atomic mass is 16.5. The van der Waals surface area contributed by atoms with Crippen molar-refractivity contribution in [1.29, 1.82) is 5.26 Å². The van der Waals surface area contributed by atoms with E-state index in [1.165, 1.54) is 0 Å². The van der Waals surface area contributed by atoms with Crippen LogP contribution in [0.4, 0.5) is 5.69 Å². The summed E-state index contributed by atoms with van der Waals surface area (Å²) < 4.78 is 5.22. The molecule has 0 atom stereocenters. The zero-order valence-electron chi connectivity index (χ0n) is 11.0. The summed E-state index contributed by atoms with van der Waals surface area (Å²) in [6.07, 6.45) is 0. The molecule has 1 aromatic rings. The molecule has 3 N–H and O–H groups in total. The summed E-state index contributed by atoms with van der Waals surface area (Å²) in [6.45, 7) is 2.24. The fourth-order valence-electron chi connectivity index (χ4n) is 1.90. The van der Waals surface area contributed by atoms with Crippen molar-refractivity contribution in [3.8, 4) is 6.07 Å². The quantitative estimate of drug-likeness (QED) is 0.622. The van der Waals surface area contributed by atoms with Gasteiger partial charge in [-0.2, -0.15) is 5.26 Å². The molecule has 6 nitrogen and oxygen atoms in total. The van der Waals surface area contributed by atoms with Crippen LogP contribution in [0.3, 0.4) is 0 Å². The predicted octanol–water partition coefficient (Wildman–Crippen LogP) is 0.651.